The van der Waals surface area contributed by atoms with Crippen molar-refractivity contribution in [3.63, 3.8) is 0 Å². The lowest BCUT2D eigenvalue weighted by molar-refractivity contribution is -0.136. The van der Waals surface area contributed by atoms with Gasteiger partial charge in [0.05, 0.1) is 12.1 Å². The highest BCUT2D eigenvalue weighted by atomic mass is 16.2. The van der Waals surface area contributed by atoms with Gasteiger partial charge in [-0.05, 0) is 37.0 Å². The first-order valence-electron chi connectivity index (χ1n) is 10.3. The molecule has 0 radical (unpaired) electrons. The summed E-state index contributed by atoms with van der Waals surface area (Å²) in [4.78, 5) is 26.2. The molecule has 154 valence electrons. The molecular weight excluding hydrogens is 372 g/mol. The van der Waals surface area contributed by atoms with E-state index in [4.69, 9.17) is 0 Å². The standard InChI is InChI=1S/C26H28N2O2/c1-19(22-14-8-4-9-15-22)27-25(29)24(18-21-12-6-3-7-13-21)26(30)28-20(2)23-16-10-5-11-17-23/h3-17,19-20,24H,18H2,1-2H3,(H,27,29)(H,28,30). The molecule has 0 aromatic heterocycles. The van der Waals surface area contributed by atoms with Crippen molar-refractivity contribution in [1.29, 1.82) is 0 Å². The third-order valence-electron chi connectivity index (χ3n) is 5.23. The van der Waals surface area contributed by atoms with E-state index in [1.54, 1.807) is 0 Å². The Morgan fingerprint density at radius 2 is 1.00 bits per heavy atom. The van der Waals surface area contributed by atoms with Crippen molar-refractivity contribution < 1.29 is 9.59 Å². The largest absolute Gasteiger partial charge is 0.349 e. The molecule has 0 spiro atoms. The normalized spacial score (nSPS) is 13.7. The maximum atomic E-state index is 13.1. The molecule has 0 heterocycles. The van der Waals surface area contributed by atoms with E-state index in [0.29, 0.717) is 6.42 Å². The summed E-state index contributed by atoms with van der Waals surface area (Å²) < 4.78 is 0. The summed E-state index contributed by atoms with van der Waals surface area (Å²) in [5.74, 6) is -1.36. The lowest BCUT2D eigenvalue weighted by Gasteiger charge is -2.22. The van der Waals surface area contributed by atoms with Crippen molar-refractivity contribution in [2.75, 3.05) is 0 Å². The Morgan fingerprint density at radius 1 is 0.633 bits per heavy atom. The molecule has 30 heavy (non-hydrogen) atoms. The third-order valence-corrected chi connectivity index (χ3v) is 5.23. The van der Waals surface area contributed by atoms with E-state index in [9.17, 15) is 9.59 Å². The zero-order valence-electron chi connectivity index (χ0n) is 17.4. The highest BCUT2D eigenvalue weighted by molar-refractivity contribution is 6.00. The molecule has 0 saturated heterocycles. The highest BCUT2D eigenvalue weighted by Crippen LogP contribution is 2.17. The molecule has 4 heteroatoms. The van der Waals surface area contributed by atoms with Gasteiger partial charge in [-0.25, -0.2) is 0 Å². The smallest absolute Gasteiger partial charge is 0.233 e. The van der Waals surface area contributed by atoms with Crippen LogP contribution in [0.3, 0.4) is 0 Å². The van der Waals surface area contributed by atoms with Gasteiger partial charge in [-0.1, -0.05) is 91.0 Å². The molecule has 3 aromatic rings. The molecule has 0 aliphatic carbocycles. The van der Waals surface area contributed by atoms with Gasteiger partial charge in [0, 0.05) is 0 Å². The fourth-order valence-corrected chi connectivity index (χ4v) is 3.43. The van der Waals surface area contributed by atoms with Gasteiger partial charge < -0.3 is 10.6 Å². The summed E-state index contributed by atoms with van der Waals surface area (Å²) >= 11 is 0. The number of carbonyl (C=O) groups excluding carboxylic acids is 2. The lowest BCUT2D eigenvalue weighted by Crippen LogP contribution is -2.43. The molecule has 2 unspecified atom stereocenters. The molecule has 2 atom stereocenters. The Balaban J connectivity index is 1.75. The second kappa shape index (κ2) is 10.4. The van der Waals surface area contributed by atoms with E-state index in [1.807, 2.05) is 105 Å². The fourth-order valence-electron chi connectivity index (χ4n) is 3.43. The SMILES string of the molecule is CC(NC(=O)C(Cc1ccccc1)C(=O)NC(C)c1ccccc1)c1ccccc1. The Kier molecular flexibility index (Phi) is 7.39. The minimum atomic E-state index is -0.815. The average molecular weight is 401 g/mol. The van der Waals surface area contributed by atoms with Crippen molar-refractivity contribution in [3.8, 4) is 0 Å². The van der Waals surface area contributed by atoms with E-state index in [1.165, 1.54) is 0 Å². The van der Waals surface area contributed by atoms with Gasteiger partial charge in [0.25, 0.3) is 0 Å². The predicted octanol–water partition coefficient (Wildman–Crippen LogP) is 4.60. The molecule has 2 N–H and O–H groups in total. The molecule has 0 aliphatic heterocycles. The van der Waals surface area contributed by atoms with Crippen molar-refractivity contribution in [3.05, 3.63) is 108 Å². The zero-order valence-corrected chi connectivity index (χ0v) is 17.4. The molecule has 4 nitrogen and oxygen atoms in total. The van der Waals surface area contributed by atoms with Crippen LogP contribution in [-0.2, 0) is 16.0 Å². The molecule has 3 rings (SSSR count). The summed E-state index contributed by atoms with van der Waals surface area (Å²) in [5.41, 5.74) is 2.96. The van der Waals surface area contributed by atoms with Gasteiger partial charge >= 0.3 is 0 Å². The number of nitrogens with one attached hydrogen (secondary N) is 2. The number of hydrogen-bond acceptors (Lipinski definition) is 2. The van der Waals surface area contributed by atoms with Crippen LogP contribution in [0.25, 0.3) is 0 Å². The van der Waals surface area contributed by atoms with Gasteiger partial charge in [0.2, 0.25) is 11.8 Å². The Bertz CT molecular complexity index is 883. The zero-order chi connectivity index (χ0) is 21.3. The van der Waals surface area contributed by atoms with E-state index in [2.05, 4.69) is 10.6 Å². The first kappa shape index (κ1) is 21.3. The maximum Gasteiger partial charge on any atom is 0.233 e. The van der Waals surface area contributed by atoms with E-state index >= 15 is 0 Å². The van der Waals surface area contributed by atoms with Gasteiger partial charge in [-0.2, -0.15) is 0 Å². The summed E-state index contributed by atoms with van der Waals surface area (Å²) in [6.45, 7) is 3.86. The monoisotopic (exact) mass is 400 g/mol. The minimum Gasteiger partial charge on any atom is -0.349 e. The first-order chi connectivity index (χ1) is 14.5. The Morgan fingerprint density at radius 3 is 1.40 bits per heavy atom. The number of benzene rings is 3. The number of carbonyl (C=O) groups is 2. The van der Waals surface area contributed by atoms with Crippen LogP contribution in [0.5, 0.6) is 0 Å². The first-order valence-corrected chi connectivity index (χ1v) is 10.3. The predicted molar refractivity (Wildman–Crippen MR) is 120 cm³/mol. The number of hydrogen-bond donors (Lipinski definition) is 2. The lowest BCUT2D eigenvalue weighted by atomic mass is 9.96. The van der Waals surface area contributed by atoms with Gasteiger partial charge in [-0.3, -0.25) is 9.59 Å². The minimum absolute atomic E-state index is 0.184. The molecule has 0 fully saturated rings. The topological polar surface area (TPSA) is 58.2 Å². The third kappa shape index (κ3) is 5.80. The second-order valence-electron chi connectivity index (χ2n) is 7.52. The van der Waals surface area contributed by atoms with Crippen LogP contribution in [0.15, 0.2) is 91.0 Å². The van der Waals surface area contributed by atoms with Gasteiger partial charge in [0.1, 0.15) is 5.92 Å². The summed E-state index contributed by atoms with van der Waals surface area (Å²) in [6, 6.07) is 28.8. The van der Waals surface area contributed by atoms with Gasteiger partial charge in [0.15, 0.2) is 0 Å². The summed E-state index contributed by atoms with van der Waals surface area (Å²) in [5, 5.41) is 6.02. The molecule has 0 bridgehead atoms. The molecule has 0 aliphatic rings. The van der Waals surface area contributed by atoms with Crippen LogP contribution in [0.2, 0.25) is 0 Å². The van der Waals surface area contributed by atoms with Crippen molar-refractivity contribution >= 4 is 11.8 Å². The van der Waals surface area contributed by atoms with E-state index in [0.717, 1.165) is 16.7 Å². The van der Waals surface area contributed by atoms with Crippen LogP contribution < -0.4 is 10.6 Å². The maximum absolute atomic E-state index is 13.1. The van der Waals surface area contributed by atoms with E-state index in [-0.39, 0.29) is 23.9 Å². The Labute approximate surface area is 178 Å². The number of amides is 2. The van der Waals surface area contributed by atoms with Crippen LogP contribution in [-0.4, -0.2) is 11.8 Å². The summed E-state index contributed by atoms with van der Waals surface area (Å²) in [6.07, 6.45) is 0.349. The van der Waals surface area contributed by atoms with Crippen molar-refractivity contribution in [2.45, 2.75) is 32.4 Å². The quantitative estimate of drug-likeness (QED) is 0.543. The van der Waals surface area contributed by atoms with Crippen LogP contribution >= 0.6 is 0 Å². The molecule has 3 aromatic carbocycles. The van der Waals surface area contributed by atoms with Crippen LogP contribution in [0.4, 0.5) is 0 Å². The summed E-state index contributed by atoms with van der Waals surface area (Å²) in [7, 11) is 0. The second-order valence-corrected chi connectivity index (χ2v) is 7.52. The van der Waals surface area contributed by atoms with Gasteiger partial charge in [-0.15, -0.1) is 0 Å². The van der Waals surface area contributed by atoms with Crippen LogP contribution in [0, 0.1) is 5.92 Å². The molecular formula is C26H28N2O2. The molecule has 0 saturated carbocycles. The Hall–Kier alpha value is -3.40. The fraction of sp³-hybridized carbons (Fsp3) is 0.231. The van der Waals surface area contributed by atoms with Crippen LogP contribution in [0.1, 0.15) is 42.6 Å². The average Bonchev–Trinajstić information content (AvgIpc) is 2.79. The molecule has 2 amide bonds. The van der Waals surface area contributed by atoms with Crippen molar-refractivity contribution in [2.24, 2.45) is 5.92 Å². The van der Waals surface area contributed by atoms with E-state index < -0.39 is 5.92 Å². The highest BCUT2D eigenvalue weighted by Gasteiger charge is 2.29. The van der Waals surface area contributed by atoms with Crippen molar-refractivity contribution in [1.82, 2.24) is 10.6 Å². The number of rotatable bonds is 8.